The van der Waals surface area contributed by atoms with Crippen LogP contribution in [0.25, 0.3) is 11.4 Å². The first kappa shape index (κ1) is 18.7. The fourth-order valence-corrected chi connectivity index (χ4v) is 3.00. The number of morpholine rings is 1. The van der Waals surface area contributed by atoms with Crippen LogP contribution in [0.4, 0.5) is 6.01 Å². The van der Waals surface area contributed by atoms with Gasteiger partial charge in [-0.05, 0) is 18.2 Å². The number of nitrogens with zero attached hydrogens (tertiary/aromatic N) is 5. The maximum atomic E-state index is 13.2. The molecule has 0 spiro atoms. The predicted molar refractivity (Wildman–Crippen MR) is 103 cm³/mol. The molecule has 4 rings (SSSR count). The van der Waals surface area contributed by atoms with Crippen molar-refractivity contribution in [3.05, 3.63) is 59.2 Å². The van der Waals surface area contributed by atoms with E-state index in [-0.39, 0.29) is 11.3 Å². The Kier molecular flexibility index (Phi) is 5.29. The average Bonchev–Trinajstić information content (AvgIpc) is 3.29. The van der Waals surface area contributed by atoms with Crippen LogP contribution < -0.4 is 10.6 Å². The van der Waals surface area contributed by atoms with Crippen LogP contribution in [0, 0.1) is 11.3 Å². The molecule has 2 aromatic heterocycles. The minimum atomic E-state index is -0.393. The van der Waals surface area contributed by atoms with Crippen molar-refractivity contribution in [3.63, 3.8) is 0 Å². The number of anilines is 1. The van der Waals surface area contributed by atoms with E-state index in [1.165, 1.54) is 12.3 Å². The third-order valence-electron chi connectivity index (χ3n) is 4.57. The molecule has 146 valence electrons. The lowest BCUT2D eigenvalue weighted by Crippen LogP contribution is -2.36. The van der Waals surface area contributed by atoms with Crippen molar-refractivity contribution in [2.75, 3.05) is 31.2 Å². The second-order valence-corrected chi connectivity index (χ2v) is 6.43. The molecule has 0 unspecified atom stereocenters. The summed E-state index contributed by atoms with van der Waals surface area (Å²) in [6, 6.07) is 7.20. The van der Waals surface area contributed by atoms with E-state index in [2.05, 4.69) is 15.0 Å². The second-order valence-electron chi connectivity index (χ2n) is 6.43. The highest BCUT2D eigenvalue weighted by molar-refractivity contribution is 6.11. The Labute approximate surface area is 166 Å². The number of rotatable bonds is 5. The molecule has 0 saturated carbocycles. The number of oxazole rings is 1. The van der Waals surface area contributed by atoms with Gasteiger partial charge in [-0.2, -0.15) is 5.26 Å². The number of carbonyl (C=O) groups excluding carboxylic acids is 1. The van der Waals surface area contributed by atoms with E-state index in [4.69, 9.17) is 14.9 Å². The van der Waals surface area contributed by atoms with E-state index in [1.54, 1.807) is 24.5 Å². The Hall–Kier alpha value is -3.61. The first-order valence-electron chi connectivity index (χ1n) is 9.08. The first-order chi connectivity index (χ1) is 14.2. The summed E-state index contributed by atoms with van der Waals surface area (Å²) < 4.78 is 11.0. The van der Waals surface area contributed by atoms with Crippen LogP contribution in [0.3, 0.4) is 0 Å². The number of ether oxygens (including phenoxy) is 1. The van der Waals surface area contributed by atoms with Gasteiger partial charge in [-0.1, -0.05) is 0 Å². The van der Waals surface area contributed by atoms with Gasteiger partial charge in [-0.25, -0.2) is 15.0 Å². The molecule has 1 fully saturated rings. The smallest absolute Gasteiger partial charge is 0.298 e. The number of aromatic nitrogens is 3. The van der Waals surface area contributed by atoms with Crippen molar-refractivity contribution >= 4 is 11.8 Å². The maximum Gasteiger partial charge on any atom is 0.298 e. The summed E-state index contributed by atoms with van der Waals surface area (Å²) >= 11 is 0. The number of benzene rings is 1. The molecule has 9 nitrogen and oxygen atoms in total. The zero-order valence-electron chi connectivity index (χ0n) is 15.5. The van der Waals surface area contributed by atoms with E-state index >= 15 is 0 Å². The lowest BCUT2D eigenvalue weighted by molar-refractivity contribution is 0.101. The molecule has 3 heterocycles. The molecule has 0 radical (unpaired) electrons. The van der Waals surface area contributed by atoms with Gasteiger partial charge in [0.2, 0.25) is 5.78 Å². The monoisotopic (exact) mass is 390 g/mol. The highest BCUT2D eigenvalue weighted by Gasteiger charge is 2.23. The van der Waals surface area contributed by atoms with Crippen molar-refractivity contribution in [3.8, 4) is 17.5 Å². The molecule has 29 heavy (non-hydrogen) atoms. The highest BCUT2D eigenvalue weighted by atomic mass is 16.5. The van der Waals surface area contributed by atoms with E-state index in [9.17, 15) is 10.1 Å². The number of hydrogen-bond donors (Lipinski definition) is 1. The van der Waals surface area contributed by atoms with Gasteiger partial charge in [0, 0.05) is 48.7 Å². The molecule has 0 amide bonds. The van der Waals surface area contributed by atoms with Gasteiger partial charge < -0.3 is 19.8 Å². The van der Waals surface area contributed by atoms with Gasteiger partial charge in [0.15, 0.2) is 11.6 Å². The first-order valence-corrected chi connectivity index (χ1v) is 9.08. The van der Waals surface area contributed by atoms with Crippen molar-refractivity contribution in [2.24, 2.45) is 5.73 Å². The van der Waals surface area contributed by atoms with Crippen molar-refractivity contribution in [2.45, 2.75) is 6.54 Å². The molecular weight excluding hydrogens is 372 g/mol. The van der Waals surface area contributed by atoms with Crippen LogP contribution in [0.2, 0.25) is 0 Å². The van der Waals surface area contributed by atoms with Crippen LogP contribution in [0.15, 0.2) is 41.2 Å². The van der Waals surface area contributed by atoms with Gasteiger partial charge in [-0.15, -0.1) is 0 Å². The fraction of sp³-hybridized carbons (Fsp3) is 0.250. The largest absolute Gasteiger partial charge is 0.420 e. The third-order valence-corrected chi connectivity index (χ3v) is 4.57. The molecule has 0 bridgehead atoms. The van der Waals surface area contributed by atoms with Gasteiger partial charge in [0.1, 0.15) is 0 Å². The van der Waals surface area contributed by atoms with Crippen LogP contribution in [-0.2, 0) is 11.3 Å². The molecule has 0 atom stereocenters. The van der Waals surface area contributed by atoms with Gasteiger partial charge in [0.25, 0.3) is 6.01 Å². The van der Waals surface area contributed by atoms with E-state index in [0.717, 1.165) is 5.56 Å². The summed E-state index contributed by atoms with van der Waals surface area (Å²) in [5.74, 6) is 0.0555. The summed E-state index contributed by atoms with van der Waals surface area (Å²) in [6.45, 7) is 2.77. The number of nitriles is 1. The van der Waals surface area contributed by atoms with Crippen LogP contribution in [-0.4, -0.2) is 47.0 Å². The summed E-state index contributed by atoms with van der Waals surface area (Å²) in [7, 11) is 0. The molecule has 2 N–H and O–H groups in total. The number of hydrogen-bond acceptors (Lipinski definition) is 9. The quantitative estimate of drug-likeness (QED) is 0.644. The Bertz CT molecular complexity index is 1060. The van der Waals surface area contributed by atoms with Crippen LogP contribution in [0.5, 0.6) is 0 Å². The van der Waals surface area contributed by atoms with Gasteiger partial charge in [0.05, 0.1) is 31.0 Å². The minimum Gasteiger partial charge on any atom is -0.420 e. The topological polar surface area (TPSA) is 131 Å². The Morgan fingerprint density at radius 3 is 2.62 bits per heavy atom. The standard InChI is InChI=1S/C20H18N6O3/c21-8-13-1-2-15(19-23-10-14(9-22)11-24-19)16(7-13)18(27)17-12-25-20(29-17)26-3-5-28-6-4-26/h1-2,7,10-12H,3-6,9,22H2. The molecule has 0 aliphatic carbocycles. The van der Waals surface area contributed by atoms with Crippen LogP contribution in [0.1, 0.15) is 27.2 Å². The Balaban J connectivity index is 1.70. The predicted octanol–water partition coefficient (Wildman–Crippen LogP) is 1.53. The molecule has 1 saturated heterocycles. The van der Waals surface area contributed by atoms with Gasteiger partial charge in [-0.3, -0.25) is 4.79 Å². The third kappa shape index (κ3) is 3.85. The lowest BCUT2D eigenvalue weighted by atomic mass is 9.99. The Morgan fingerprint density at radius 2 is 1.93 bits per heavy atom. The summed E-state index contributed by atoms with van der Waals surface area (Å²) in [5, 5.41) is 9.26. The van der Waals surface area contributed by atoms with Crippen LogP contribution >= 0.6 is 0 Å². The average molecular weight is 390 g/mol. The zero-order valence-corrected chi connectivity index (χ0v) is 15.5. The van der Waals surface area contributed by atoms with Gasteiger partial charge >= 0.3 is 0 Å². The van der Waals surface area contributed by atoms with E-state index in [1.807, 2.05) is 11.0 Å². The SMILES string of the molecule is N#Cc1ccc(-c2ncc(CN)cn2)c(C(=O)c2cnc(N3CCOCC3)o2)c1. The molecule has 3 aromatic rings. The van der Waals surface area contributed by atoms with E-state index in [0.29, 0.717) is 55.8 Å². The molecule has 1 aliphatic heterocycles. The van der Waals surface area contributed by atoms with Crippen molar-refractivity contribution in [1.29, 1.82) is 5.26 Å². The number of ketones is 1. The fourth-order valence-electron chi connectivity index (χ4n) is 3.00. The molecule has 1 aliphatic rings. The number of carbonyl (C=O) groups is 1. The lowest BCUT2D eigenvalue weighted by Gasteiger charge is -2.24. The van der Waals surface area contributed by atoms with E-state index < -0.39 is 5.78 Å². The summed E-state index contributed by atoms with van der Waals surface area (Å²) in [4.78, 5) is 27.9. The molecule has 1 aromatic carbocycles. The maximum absolute atomic E-state index is 13.2. The Morgan fingerprint density at radius 1 is 1.17 bits per heavy atom. The van der Waals surface area contributed by atoms with Crippen molar-refractivity contribution < 1.29 is 13.9 Å². The summed E-state index contributed by atoms with van der Waals surface area (Å²) in [5.41, 5.74) is 7.50. The summed E-state index contributed by atoms with van der Waals surface area (Å²) in [6.07, 6.45) is 4.62. The molecule has 9 heteroatoms. The molecular formula is C20H18N6O3. The normalized spacial score (nSPS) is 13.9. The second kappa shape index (κ2) is 8.18. The minimum absolute atomic E-state index is 0.0846. The van der Waals surface area contributed by atoms with Crippen molar-refractivity contribution in [1.82, 2.24) is 15.0 Å². The number of nitrogens with two attached hydrogens (primary N) is 1. The zero-order chi connectivity index (χ0) is 20.2. The highest BCUT2D eigenvalue weighted by Crippen LogP contribution is 2.26.